The first-order chi connectivity index (χ1) is 11.7. The number of halogens is 2. The molecule has 0 radical (unpaired) electrons. The summed E-state index contributed by atoms with van der Waals surface area (Å²) in [6, 6.07) is 16.2. The highest BCUT2D eigenvalue weighted by molar-refractivity contribution is 6.31. The van der Waals surface area contributed by atoms with Crippen molar-refractivity contribution in [2.45, 2.75) is 25.9 Å². The summed E-state index contributed by atoms with van der Waals surface area (Å²) in [6.45, 7) is 5.27. The van der Waals surface area contributed by atoms with Gasteiger partial charge < -0.3 is 5.32 Å². The van der Waals surface area contributed by atoms with Crippen LogP contribution in [0.5, 0.6) is 0 Å². The van der Waals surface area contributed by atoms with E-state index in [-0.39, 0.29) is 0 Å². The normalized spacial score (nSPS) is 16.4. The van der Waals surface area contributed by atoms with Gasteiger partial charge in [-0.3, -0.25) is 4.90 Å². The molecule has 3 rings (SSSR count). The largest absolute Gasteiger partial charge is 0.312 e. The number of nitrogens with zero attached hydrogens (tertiary/aromatic N) is 1. The van der Waals surface area contributed by atoms with E-state index in [9.17, 15) is 0 Å². The molecule has 1 heterocycles. The molecule has 1 fully saturated rings. The molecular formula is C20H24Cl2N2. The van der Waals surface area contributed by atoms with Gasteiger partial charge in [0, 0.05) is 23.1 Å². The molecule has 0 spiro atoms. The molecule has 2 aromatic carbocycles. The Kier molecular flexibility index (Phi) is 6.56. The summed E-state index contributed by atoms with van der Waals surface area (Å²) in [6.07, 6.45) is 2.50. The number of piperidine rings is 1. The van der Waals surface area contributed by atoms with Crippen LogP contribution in [0.2, 0.25) is 10.0 Å². The van der Waals surface area contributed by atoms with Gasteiger partial charge in [0.1, 0.15) is 0 Å². The number of benzene rings is 2. The van der Waals surface area contributed by atoms with E-state index in [2.05, 4.69) is 34.5 Å². The lowest BCUT2D eigenvalue weighted by Gasteiger charge is -2.32. The van der Waals surface area contributed by atoms with Crippen LogP contribution in [0, 0.1) is 5.92 Å². The van der Waals surface area contributed by atoms with Gasteiger partial charge in [-0.1, -0.05) is 53.5 Å². The molecule has 0 bridgehead atoms. The molecule has 0 aliphatic carbocycles. The maximum absolute atomic E-state index is 6.26. The van der Waals surface area contributed by atoms with Crippen molar-refractivity contribution in [3.63, 3.8) is 0 Å². The highest BCUT2D eigenvalue weighted by atomic mass is 35.5. The molecule has 24 heavy (non-hydrogen) atoms. The summed E-state index contributed by atoms with van der Waals surface area (Å²) in [7, 11) is 0. The Morgan fingerprint density at radius 3 is 2.38 bits per heavy atom. The van der Waals surface area contributed by atoms with E-state index in [4.69, 9.17) is 23.2 Å². The number of rotatable bonds is 6. The van der Waals surface area contributed by atoms with Gasteiger partial charge in [-0.05, 0) is 67.7 Å². The molecule has 128 valence electrons. The lowest BCUT2D eigenvalue weighted by Crippen LogP contribution is -2.36. The molecule has 0 unspecified atom stereocenters. The second-order valence-corrected chi connectivity index (χ2v) is 7.41. The monoisotopic (exact) mass is 362 g/mol. The minimum atomic E-state index is 0.764. The van der Waals surface area contributed by atoms with Crippen LogP contribution < -0.4 is 5.32 Å². The number of hydrogen-bond acceptors (Lipinski definition) is 2. The van der Waals surface area contributed by atoms with Crippen LogP contribution in [0.25, 0.3) is 0 Å². The highest BCUT2D eigenvalue weighted by Crippen LogP contribution is 2.22. The van der Waals surface area contributed by atoms with E-state index in [1.807, 2.05) is 24.3 Å². The van der Waals surface area contributed by atoms with E-state index in [0.29, 0.717) is 0 Å². The van der Waals surface area contributed by atoms with Gasteiger partial charge in [-0.15, -0.1) is 0 Å². The lowest BCUT2D eigenvalue weighted by atomic mass is 9.96. The lowest BCUT2D eigenvalue weighted by molar-refractivity contribution is 0.175. The van der Waals surface area contributed by atoms with E-state index in [0.717, 1.165) is 48.7 Å². The average Bonchev–Trinajstić information content (AvgIpc) is 2.60. The third kappa shape index (κ3) is 5.22. The molecule has 0 amide bonds. The Balaban J connectivity index is 1.37. The van der Waals surface area contributed by atoms with Gasteiger partial charge in [0.25, 0.3) is 0 Å². The molecule has 0 saturated carbocycles. The van der Waals surface area contributed by atoms with Crippen LogP contribution in [-0.2, 0) is 13.1 Å². The smallest absolute Gasteiger partial charge is 0.0451 e. The summed E-state index contributed by atoms with van der Waals surface area (Å²) in [5.41, 5.74) is 2.52. The van der Waals surface area contributed by atoms with Crippen molar-refractivity contribution in [1.82, 2.24) is 10.2 Å². The fourth-order valence-corrected chi connectivity index (χ4v) is 3.56. The van der Waals surface area contributed by atoms with Gasteiger partial charge in [0.2, 0.25) is 0 Å². The van der Waals surface area contributed by atoms with Crippen molar-refractivity contribution in [1.29, 1.82) is 0 Å². The summed E-state index contributed by atoms with van der Waals surface area (Å²) in [5, 5.41) is 5.26. The SMILES string of the molecule is Clc1ccc(CNCC2CCN(Cc3ccccc3Cl)CC2)cc1. The van der Waals surface area contributed by atoms with Gasteiger partial charge >= 0.3 is 0 Å². The van der Waals surface area contributed by atoms with Crippen molar-refractivity contribution in [2.75, 3.05) is 19.6 Å². The van der Waals surface area contributed by atoms with Crippen LogP contribution in [0.4, 0.5) is 0 Å². The summed E-state index contributed by atoms with van der Waals surface area (Å²) in [5.74, 6) is 0.764. The van der Waals surface area contributed by atoms with Crippen molar-refractivity contribution in [3.8, 4) is 0 Å². The zero-order valence-corrected chi connectivity index (χ0v) is 15.4. The molecule has 2 nitrogen and oxygen atoms in total. The Labute approximate surface area is 154 Å². The predicted molar refractivity (Wildman–Crippen MR) is 103 cm³/mol. The van der Waals surface area contributed by atoms with Crippen LogP contribution >= 0.6 is 23.2 Å². The Bertz CT molecular complexity index is 634. The van der Waals surface area contributed by atoms with Gasteiger partial charge in [-0.2, -0.15) is 0 Å². The second kappa shape index (κ2) is 8.87. The van der Waals surface area contributed by atoms with Crippen molar-refractivity contribution < 1.29 is 0 Å². The topological polar surface area (TPSA) is 15.3 Å². The van der Waals surface area contributed by atoms with E-state index >= 15 is 0 Å². The Morgan fingerprint density at radius 2 is 1.67 bits per heavy atom. The molecule has 0 aromatic heterocycles. The van der Waals surface area contributed by atoms with Crippen molar-refractivity contribution in [3.05, 3.63) is 69.7 Å². The molecule has 1 aliphatic rings. The highest BCUT2D eigenvalue weighted by Gasteiger charge is 2.19. The Hall–Kier alpha value is -1.06. The Morgan fingerprint density at radius 1 is 0.958 bits per heavy atom. The molecule has 1 saturated heterocycles. The molecule has 4 heteroatoms. The zero-order chi connectivity index (χ0) is 16.8. The second-order valence-electron chi connectivity index (χ2n) is 6.57. The van der Waals surface area contributed by atoms with Crippen LogP contribution in [0.3, 0.4) is 0 Å². The first-order valence-electron chi connectivity index (χ1n) is 8.61. The number of likely N-dealkylation sites (tertiary alicyclic amines) is 1. The van der Waals surface area contributed by atoms with Crippen molar-refractivity contribution in [2.24, 2.45) is 5.92 Å². The summed E-state index contributed by atoms with van der Waals surface area (Å²) in [4.78, 5) is 2.51. The van der Waals surface area contributed by atoms with E-state index < -0.39 is 0 Å². The summed E-state index contributed by atoms with van der Waals surface area (Å²) >= 11 is 12.2. The maximum Gasteiger partial charge on any atom is 0.0451 e. The minimum absolute atomic E-state index is 0.764. The maximum atomic E-state index is 6.26. The summed E-state index contributed by atoms with van der Waals surface area (Å²) < 4.78 is 0. The first kappa shape index (κ1) is 17.8. The standard InChI is InChI=1S/C20H24Cl2N2/c21-19-7-5-16(6-8-19)13-23-14-17-9-11-24(12-10-17)15-18-3-1-2-4-20(18)22/h1-8,17,23H,9-15H2. The van der Waals surface area contributed by atoms with Crippen LogP contribution in [0.15, 0.2) is 48.5 Å². The first-order valence-corrected chi connectivity index (χ1v) is 9.37. The number of nitrogens with one attached hydrogen (secondary N) is 1. The fourth-order valence-electron chi connectivity index (χ4n) is 3.24. The van der Waals surface area contributed by atoms with Gasteiger partial charge in [0.15, 0.2) is 0 Å². The van der Waals surface area contributed by atoms with E-state index in [1.54, 1.807) is 0 Å². The fraction of sp³-hybridized carbons (Fsp3) is 0.400. The van der Waals surface area contributed by atoms with E-state index in [1.165, 1.54) is 24.0 Å². The van der Waals surface area contributed by atoms with Gasteiger partial charge in [0.05, 0.1) is 0 Å². The number of hydrogen-bond donors (Lipinski definition) is 1. The molecule has 0 atom stereocenters. The zero-order valence-electron chi connectivity index (χ0n) is 13.8. The minimum Gasteiger partial charge on any atom is -0.312 e. The average molecular weight is 363 g/mol. The van der Waals surface area contributed by atoms with Crippen molar-refractivity contribution >= 4 is 23.2 Å². The molecule has 1 aliphatic heterocycles. The molecular weight excluding hydrogens is 339 g/mol. The molecule has 1 N–H and O–H groups in total. The predicted octanol–water partition coefficient (Wildman–Crippen LogP) is 5.00. The quantitative estimate of drug-likeness (QED) is 0.777. The molecule has 2 aromatic rings. The van der Waals surface area contributed by atoms with Crippen LogP contribution in [-0.4, -0.2) is 24.5 Å². The van der Waals surface area contributed by atoms with Gasteiger partial charge in [-0.25, -0.2) is 0 Å². The third-order valence-electron chi connectivity index (χ3n) is 4.73. The third-order valence-corrected chi connectivity index (χ3v) is 5.36. The van der Waals surface area contributed by atoms with Crippen LogP contribution in [0.1, 0.15) is 24.0 Å².